The number of rotatable bonds is 3. The third-order valence-electron chi connectivity index (χ3n) is 0.764. The van der Waals surface area contributed by atoms with E-state index in [2.05, 4.69) is 11.9 Å². The van der Waals surface area contributed by atoms with E-state index in [4.69, 9.17) is 0 Å². The van der Waals surface area contributed by atoms with E-state index in [-0.39, 0.29) is 0 Å². The highest BCUT2D eigenvalue weighted by Crippen LogP contribution is 1.79. The van der Waals surface area contributed by atoms with Gasteiger partial charge in [-0.05, 0) is 6.20 Å². The van der Waals surface area contributed by atoms with Gasteiger partial charge in [0.15, 0.2) is 0 Å². The predicted octanol–water partition coefficient (Wildman–Crippen LogP) is 0.752. The molecule has 0 fully saturated rings. The lowest BCUT2D eigenvalue weighted by molar-refractivity contribution is 0.623. The highest BCUT2D eigenvalue weighted by atomic mass is 15.1. The lowest BCUT2D eigenvalue weighted by atomic mass is 10.7. The van der Waals surface area contributed by atoms with Gasteiger partial charge in [-0.25, -0.2) is 0 Å². The smallest absolute Gasteiger partial charge is 0.0188 e. The van der Waals surface area contributed by atoms with Crippen molar-refractivity contribution in [1.29, 1.82) is 0 Å². The van der Waals surface area contributed by atoms with Gasteiger partial charge < -0.3 is 10.2 Å². The van der Waals surface area contributed by atoms with Gasteiger partial charge in [0.1, 0.15) is 0 Å². The molecule has 0 atom stereocenters. The van der Waals surface area contributed by atoms with Gasteiger partial charge in [0.2, 0.25) is 0 Å². The first-order valence-electron chi connectivity index (χ1n) is 2.49. The van der Waals surface area contributed by atoms with Crippen LogP contribution in [0.25, 0.3) is 0 Å². The fraction of sp³-hybridized carbons (Fsp3) is 0.333. The van der Waals surface area contributed by atoms with Crippen molar-refractivity contribution >= 4 is 0 Å². The molecule has 2 nitrogen and oxygen atoms in total. The molecule has 0 aliphatic rings. The van der Waals surface area contributed by atoms with E-state index in [1.165, 1.54) is 0 Å². The summed E-state index contributed by atoms with van der Waals surface area (Å²) in [5, 5.41) is 2.86. The molecule has 0 rings (SSSR count). The molecule has 0 aliphatic carbocycles. The van der Waals surface area contributed by atoms with Gasteiger partial charge in [-0.3, -0.25) is 0 Å². The van der Waals surface area contributed by atoms with Gasteiger partial charge in [0, 0.05) is 26.5 Å². The van der Waals surface area contributed by atoms with E-state index >= 15 is 0 Å². The molecule has 0 saturated carbocycles. The SMILES string of the molecule is C=CN(C)/C=C\NC. The van der Waals surface area contributed by atoms with Crippen LogP contribution in [0.15, 0.2) is 25.2 Å². The van der Waals surface area contributed by atoms with Crippen LogP contribution in [0.2, 0.25) is 0 Å². The van der Waals surface area contributed by atoms with Crippen LogP contribution in [0.3, 0.4) is 0 Å². The first kappa shape index (κ1) is 7.08. The number of hydrogen-bond acceptors (Lipinski definition) is 2. The van der Waals surface area contributed by atoms with Crippen molar-refractivity contribution in [3.8, 4) is 0 Å². The molecule has 1 N–H and O–H groups in total. The molecule has 2 heteroatoms. The van der Waals surface area contributed by atoms with Gasteiger partial charge in [-0.2, -0.15) is 0 Å². The zero-order valence-corrected chi connectivity index (χ0v) is 5.39. The van der Waals surface area contributed by atoms with Gasteiger partial charge in [0.05, 0.1) is 0 Å². The first-order valence-corrected chi connectivity index (χ1v) is 2.49. The summed E-state index contributed by atoms with van der Waals surface area (Å²) < 4.78 is 0. The molecule has 0 unspecified atom stereocenters. The minimum absolute atomic E-state index is 1.73. The van der Waals surface area contributed by atoms with Crippen LogP contribution in [-0.4, -0.2) is 19.0 Å². The van der Waals surface area contributed by atoms with Crippen molar-refractivity contribution < 1.29 is 0 Å². The molecule has 0 saturated heterocycles. The Morgan fingerprint density at radius 1 is 1.62 bits per heavy atom. The molecule has 0 aromatic rings. The molecular formula is C6H12N2. The van der Waals surface area contributed by atoms with Crippen molar-refractivity contribution in [2.45, 2.75) is 0 Å². The van der Waals surface area contributed by atoms with Crippen LogP contribution >= 0.6 is 0 Å². The molecule has 0 spiro atoms. The molecule has 0 aliphatic heterocycles. The summed E-state index contributed by atoms with van der Waals surface area (Å²) in [5.41, 5.74) is 0. The van der Waals surface area contributed by atoms with Crippen LogP contribution in [0.1, 0.15) is 0 Å². The van der Waals surface area contributed by atoms with Crippen molar-refractivity contribution in [2.24, 2.45) is 0 Å². The van der Waals surface area contributed by atoms with Crippen LogP contribution in [0.4, 0.5) is 0 Å². The fourth-order valence-corrected chi connectivity index (χ4v) is 0.253. The summed E-state index contributed by atoms with van der Waals surface area (Å²) in [6, 6.07) is 0. The van der Waals surface area contributed by atoms with E-state index in [0.29, 0.717) is 0 Å². The summed E-state index contributed by atoms with van der Waals surface area (Å²) in [6.45, 7) is 3.56. The Morgan fingerprint density at radius 3 is 2.62 bits per heavy atom. The molecule has 0 aromatic heterocycles. The third-order valence-corrected chi connectivity index (χ3v) is 0.764. The Labute approximate surface area is 50.5 Å². The van der Waals surface area contributed by atoms with E-state index < -0.39 is 0 Å². The van der Waals surface area contributed by atoms with E-state index in [1.807, 2.05) is 31.4 Å². The fourth-order valence-electron chi connectivity index (χ4n) is 0.253. The first-order chi connectivity index (χ1) is 3.81. The second kappa shape index (κ2) is 4.24. The number of hydrogen-bond donors (Lipinski definition) is 1. The predicted molar refractivity (Wildman–Crippen MR) is 36.2 cm³/mol. The van der Waals surface area contributed by atoms with Gasteiger partial charge in [-0.1, -0.05) is 6.58 Å². The topological polar surface area (TPSA) is 15.3 Å². The van der Waals surface area contributed by atoms with E-state index in [0.717, 1.165) is 0 Å². The van der Waals surface area contributed by atoms with Crippen LogP contribution in [-0.2, 0) is 0 Å². The quantitative estimate of drug-likeness (QED) is 0.579. The molecule has 0 radical (unpaired) electrons. The van der Waals surface area contributed by atoms with Gasteiger partial charge in [0.25, 0.3) is 0 Å². The second-order valence-electron chi connectivity index (χ2n) is 1.45. The zero-order valence-electron chi connectivity index (χ0n) is 5.39. The molecule has 8 heavy (non-hydrogen) atoms. The van der Waals surface area contributed by atoms with Gasteiger partial charge in [-0.15, -0.1) is 0 Å². The number of nitrogens with one attached hydrogen (secondary N) is 1. The van der Waals surface area contributed by atoms with Crippen molar-refractivity contribution in [3.63, 3.8) is 0 Å². The van der Waals surface area contributed by atoms with E-state index in [9.17, 15) is 0 Å². The highest BCUT2D eigenvalue weighted by molar-refractivity contribution is 4.82. The van der Waals surface area contributed by atoms with E-state index in [1.54, 1.807) is 6.20 Å². The summed E-state index contributed by atoms with van der Waals surface area (Å²) in [7, 11) is 3.77. The summed E-state index contributed by atoms with van der Waals surface area (Å²) in [6.07, 6.45) is 5.45. The average molecular weight is 112 g/mol. The van der Waals surface area contributed by atoms with Crippen molar-refractivity contribution in [1.82, 2.24) is 10.2 Å². The molecule has 0 amide bonds. The summed E-state index contributed by atoms with van der Waals surface area (Å²) in [5.74, 6) is 0. The Morgan fingerprint density at radius 2 is 2.25 bits per heavy atom. The largest absolute Gasteiger partial charge is 0.393 e. The molecule has 0 aromatic carbocycles. The highest BCUT2D eigenvalue weighted by Gasteiger charge is 1.73. The lowest BCUT2D eigenvalue weighted by Gasteiger charge is -2.03. The zero-order chi connectivity index (χ0) is 6.41. The number of nitrogens with zero attached hydrogens (tertiary/aromatic N) is 1. The minimum atomic E-state index is 1.73. The van der Waals surface area contributed by atoms with Crippen molar-refractivity contribution in [3.05, 3.63) is 25.2 Å². The maximum atomic E-state index is 3.56. The molecule has 0 bridgehead atoms. The Hall–Kier alpha value is -0.920. The molecular weight excluding hydrogens is 100 g/mol. The van der Waals surface area contributed by atoms with Crippen LogP contribution < -0.4 is 5.32 Å². The second-order valence-corrected chi connectivity index (χ2v) is 1.45. The lowest BCUT2D eigenvalue weighted by Crippen LogP contribution is -2.02. The summed E-state index contributed by atoms with van der Waals surface area (Å²) >= 11 is 0. The third kappa shape index (κ3) is 3.28. The van der Waals surface area contributed by atoms with Crippen LogP contribution in [0, 0.1) is 0 Å². The maximum absolute atomic E-state index is 3.56. The summed E-state index contributed by atoms with van der Waals surface area (Å²) in [4.78, 5) is 1.86. The maximum Gasteiger partial charge on any atom is 0.0188 e. The van der Waals surface area contributed by atoms with Crippen molar-refractivity contribution in [2.75, 3.05) is 14.1 Å². The Balaban J connectivity index is 3.35. The van der Waals surface area contributed by atoms with Gasteiger partial charge >= 0.3 is 0 Å². The Kier molecular flexibility index (Phi) is 3.76. The standard InChI is InChI=1S/C6H12N2/c1-4-8(3)6-5-7-2/h4-7H,1H2,2-3H3/b6-5-. The molecule has 0 heterocycles. The minimum Gasteiger partial charge on any atom is -0.393 e. The monoisotopic (exact) mass is 112 g/mol. The molecule has 46 valence electrons. The Bertz CT molecular complexity index is 86.5. The normalized spacial score (nSPS) is 9.25. The average Bonchev–Trinajstić information content (AvgIpc) is 1.83. The van der Waals surface area contributed by atoms with Crippen LogP contribution in [0.5, 0.6) is 0 Å².